The summed E-state index contributed by atoms with van der Waals surface area (Å²) in [4.78, 5) is 49.6. The molecule has 10 nitrogen and oxygen atoms in total. The summed E-state index contributed by atoms with van der Waals surface area (Å²) >= 11 is 0. The molecule has 1 aliphatic rings. The van der Waals surface area contributed by atoms with Gasteiger partial charge in [0.25, 0.3) is 5.91 Å². The minimum Gasteiger partial charge on any atom is -0.482 e. The molecule has 0 radical (unpaired) electrons. The van der Waals surface area contributed by atoms with Gasteiger partial charge in [-0.1, -0.05) is 12.1 Å². The fraction of sp³-hybridized carbons (Fsp3) is 0.217. The molecule has 2 amide bonds. The number of carbonyl (C=O) groups excluding carboxylic acids is 3. The van der Waals surface area contributed by atoms with Crippen LogP contribution in [0.2, 0.25) is 0 Å². The third-order valence-corrected chi connectivity index (χ3v) is 4.84. The van der Waals surface area contributed by atoms with Crippen molar-refractivity contribution in [2.45, 2.75) is 13.5 Å². The Hall–Kier alpha value is -4.34. The number of amides is 2. The van der Waals surface area contributed by atoms with E-state index in [-0.39, 0.29) is 37.9 Å². The molecule has 33 heavy (non-hydrogen) atoms. The van der Waals surface area contributed by atoms with Gasteiger partial charge in [0.1, 0.15) is 24.5 Å². The minimum absolute atomic E-state index is 0.170. The Morgan fingerprint density at radius 1 is 1.09 bits per heavy atom. The summed E-state index contributed by atoms with van der Waals surface area (Å²) in [6, 6.07) is 12.8. The highest BCUT2D eigenvalue weighted by atomic mass is 16.5. The van der Waals surface area contributed by atoms with Crippen molar-refractivity contribution in [2.75, 3.05) is 30.0 Å². The number of rotatable bonds is 6. The lowest BCUT2D eigenvalue weighted by molar-refractivity contribution is -0.144. The Labute approximate surface area is 187 Å². The van der Waals surface area contributed by atoms with Crippen molar-refractivity contribution in [3.8, 4) is 5.75 Å². The second-order valence-corrected chi connectivity index (χ2v) is 7.04. The number of hydrogen-bond acceptors (Lipinski definition) is 8. The highest BCUT2D eigenvalue weighted by Gasteiger charge is 2.27. The van der Waals surface area contributed by atoms with Gasteiger partial charge >= 0.3 is 17.7 Å². The van der Waals surface area contributed by atoms with Crippen molar-refractivity contribution >= 4 is 40.3 Å². The number of benzene rings is 2. The van der Waals surface area contributed by atoms with Crippen LogP contribution in [0.15, 0.2) is 57.7 Å². The first kappa shape index (κ1) is 21.9. The number of fused-ring (bicyclic) bond motifs is 2. The average molecular weight is 452 g/mol. The predicted octanol–water partition coefficient (Wildman–Crippen LogP) is 2.83. The Kier molecular flexibility index (Phi) is 6.25. The summed E-state index contributed by atoms with van der Waals surface area (Å²) in [5, 5.41) is 3.06. The van der Waals surface area contributed by atoms with Gasteiger partial charge in [0.05, 0.1) is 12.3 Å². The molecule has 1 N–H and O–H groups in total. The quantitative estimate of drug-likeness (QED) is 0.447. The Morgan fingerprint density at radius 2 is 1.91 bits per heavy atom. The highest BCUT2D eigenvalue weighted by molar-refractivity contribution is 6.01. The van der Waals surface area contributed by atoms with Crippen molar-refractivity contribution in [2.24, 2.45) is 0 Å². The fourth-order valence-corrected chi connectivity index (χ4v) is 3.37. The Morgan fingerprint density at radius 3 is 2.73 bits per heavy atom. The van der Waals surface area contributed by atoms with Crippen LogP contribution in [0.1, 0.15) is 12.5 Å². The van der Waals surface area contributed by atoms with Gasteiger partial charge < -0.3 is 18.6 Å². The molecule has 170 valence electrons. The first-order valence-corrected chi connectivity index (χ1v) is 10.1. The maximum atomic E-state index is 12.5. The molecular weight excluding hydrogens is 432 g/mol. The van der Waals surface area contributed by atoms with E-state index >= 15 is 0 Å². The van der Waals surface area contributed by atoms with Crippen LogP contribution in [0.4, 0.5) is 16.2 Å². The summed E-state index contributed by atoms with van der Waals surface area (Å²) < 4.78 is 20.7. The molecule has 0 aliphatic carbocycles. The van der Waals surface area contributed by atoms with Crippen LogP contribution >= 0.6 is 0 Å². The summed E-state index contributed by atoms with van der Waals surface area (Å²) in [6.07, 6.45) is -0.636. The van der Waals surface area contributed by atoms with Crippen LogP contribution in [0, 0.1) is 0 Å². The lowest BCUT2D eigenvalue weighted by Gasteiger charge is -2.28. The maximum Gasteiger partial charge on any atom is 0.411 e. The third kappa shape index (κ3) is 4.95. The van der Waals surface area contributed by atoms with Crippen LogP contribution < -0.4 is 20.6 Å². The van der Waals surface area contributed by atoms with E-state index < -0.39 is 17.7 Å². The van der Waals surface area contributed by atoms with Crippen LogP contribution in [-0.2, 0) is 25.7 Å². The van der Waals surface area contributed by atoms with E-state index in [9.17, 15) is 19.2 Å². The number of para-hydroxylation sites is 2. The van der Waals surface area contributed by atoms with Gasteiger partial charge in [-0.25, -0.2) is 9.59 Å². The topological polar surface area (TPSA) is 124 Å². The summed E-state index contributed by atoms with van der Waals surface area (Å²) in [7, 11) is 0. The molecule has 0 spiro atoms. The van der Waals surface area contributed by atoms with E-state index in [4.69, 9.17) is 18.6 Å². The second kappa shape index (κ2) is 9.43. The smallest absolute Gasteiger partial charge is 0.411 e. The van der Waals surface area contributed by atoms with Crippen molar-refractivity contribution in [1.82, 2.24) is 0 Å². The molecule has 0 saturated heterocycles. The molecule has 2 aromatic carbocycles. The lowest BCUT2D eigenvalue weighted by atomic mass is 10.1. The molecule has 2 heterocycles. The van der Waals surface area contributed by atoms with Gasteiger partial charge in [-0.2, -0.15) is 0 Å². The molecule has 0 atom stereocenters. The normalized spacial score (nSPS) is 12.6. The molecule has 0 bridgehead atoms. The van der Waals surface area contributed by atoms with Gasteiger partial charge in [-0.3, -0.25) is 19.8 Å². The van der Waals surface area contributed by atoms with E-state index in [0.717, 1.165) is 0 Å². The lowest BCUT2D eigenvalue weighted by Crippen LogP contribution is -2.42. The first-order valence-electron chi connectivity index (χ1n) is 10.1. The first-order chi connectivity index (χ1) is 15.9. The van der Waals surface area contributed by atoms with E-state index in [2.05, 4.69) is 5.32 Å². The van der Waals surface area contributed by atoms with Crippen molar-refractivity contribution in [3.05, 3.63) is 64.5 Å². The molecule has 0 fully saturated rings. The van der Waals surface area contributed by atoms with Gasteiger partial charge in [0, 0.05) is 28.8 Å². The summed E-state index contributed by atoms with van der Waals surface area (Å²) in [5.74, 6) is -0.510. The third-order valence-electron chi connectivity index (χ3n) is 4.84. The Balaban J connectivity index is 1.48. The van der Waals surface area contributed by atoms with Crippen LogP contribution in [0.5, 0.6) is 5.75 Å². The molecule has 0 unspecified atom stereocenters. The van der Waals surface area contributed by atoms with E-state index in [1.54, 1.807) is 43.3 Å². The van der Waals surface area contributed by atoms with Gasteiger partial charge in [0.15, 0.2) is 6.61 Å². The largest absolute Gasteiger partial charge is 0.482 e. The number of esters is 1. The number of ether oxygens (including phenoxy) is 3. The van der Waals surface area contributed by atoms with Crippen LogP contribution in [-0.4, -0.2) is 37.7 Å². The second-order valence-electron chi connectivity index (χ2n) is 7.04. The highest BCUT2D eigenvalue weighted by Crippen LogP contribution is 2.31. The van der Waals surface area contributed by atoms with E-state index in [0.29, 0.717) is 28.1 Å². The maximum absolute atomic E-state index is 12.5. The molecule has 3 aromatic rings. The number of anilines is 2. The van der Waals surface area contributed by atoms with Crippen molar-refractivity contribution < 1.29 is 33.0 Å². The molecule has 4 rings (SSSR count). The van der Waals surface area contributed by atoms with E-state index in [1.165, 1.54) is 17.0 Å². The molecule has 10 heteroatoms. The number of hydrogen-bond donors (Lipinski definition) is 1. The monoisotopic (exact) mass is 452 g/mol. The van der Waals surface area contributed by atoms with Crippen molar-refractivity contribution in [3.63, 3.8) is 0 Å². The Bertz CT molecular complexity index is 1280. The van der Waals surface area contributed by atoms with Gasteiger partial charge in [-0.15, -0.1) is 0 Å². The number of carbonyl (C=O) groups is 3. The SMILES string of the molecule is CCOC(=O)Nc1ccc2c(COC(=O)CN3C(=O)COc4ccccc43)cc(=O)oc2c1. The summed E-state index contributed by atoms with van der Waals surface area (Å²) in [6.45, 7) is 1.22. The zero-order valence-corrected chi connectivity index (χ0v) is 17.7. The average Bonchev–Trinajstić information content (AvgIpc) is 2.79. The van der Waals surface area contributed by atoms with Crippen molar-refractivity contribution in [1.29, 1.82) is 0 Å². The molecule has 1 aromatic heterocycles. The fourth-order valence-electron chi connectivity index (χ4n) is 3.37. The van der Waals surface area contributed by atoms with Crippen LogP contribution in [0.3, 0.4) is 0 Å². The number of nitrogens with zero attached hydrogens (tertiary/aromatic N) is 1. The summed E-state index contributed by atoms with van der Waals surface area (Å²) in [5.41, 5.74) is 0.853. The predicted molar refractivity (Wildman–Crippen MR) is 117 cm³/mol. The number of nitrogens with one attached hydrogen (secondary N) is 1. The zero-order chi connectivity index (χ0) is 23.4. The van der Waals surface area contributed by atoms with Gasteiger partial charge in [0.2, 0.25) is 0 Å². The molecule has 1 aliphatic heterocycles. The standard InChI is InChI=1S/C23H20N2O8/c1-2-30-23(29)24-15-7-8-16-14(9-21(27)33-19(16)10-15)12-32-22(28)11-25-17-5-3-4-6-18(17)31-13-20(25)26/h3-10H,2,11-13H2,1H3,(H,24,29). The van der Waals surface area contributed by atoms with Crippen LogP contribution in [0.25, 0.3) is 11.0 Å². The molecule has 0 saturated carbocycles. The van der Waals surface area contributed by atoms with Gasteiger partial charge in [-0.05, 0) is 31.2 Å². The molecular formula is C23H20N2O8. The van der Waals surface area contributed by atoms with E-state index in [1.807, 2.05) is 0 Å². The zero-order valence-electron chi connectivity index (χ0n) is 17.7. The minimum atomic E-state index is -0.651.